The second-order valence-corrected chi connectivity index (χ2v) is 7.54. The van der Waals surface area contributed by atoms with E-state index in [0.717, 1.165) is 42.1 Å². The Balaban J connectivity index is 0.00000196. The summed E-state index contributed by atoms with van der Waals surface area (Å²) < 4.78 is 1.94. The summed E-state index contributed by atoms with van der Waals surface area (Å²) in [5.74, 6) is 1.31. The number of carbonyl (C=O) groups excluding carboxylic acids is 1. The molecule has 1 aliphatic heterocycles. The van der Waals surface area contributed by atoms with Gasteiger partial charge in [-0.2, -0.15) is 5.10 Å². The average molecular weight is 375 g/mol. The SMILES string of the molecule is Cc1nn(-c2ccccc2)c(C)c1CC(=O)N1CC2CCC(N)C2C1.Cl. The first kappa shape index (κ1) is 18.9. The topological polar surface area (TPSA) is 64.2 Å². The van der Waals surface area contributed by atoms with Crippen molar-refractivity contribution in [3.8, 4) is 5.69 Å². The second kappa shape index (κ2) is 7.41. The van der Waals surface area contributed by atoms with Gasteiger partial charge in [0.2, 0.25) is 5.91 Å². The predicted octanol–water partition coefficient (Wildman–Crippen LogP) is 2.65. The Hall–Kier alpha value is -1.85. The normalized spacial score (nSPS) is 24.4. The van der Waals surface area contributed by atoms with Crippen molar-refractivity contribution in [1.29, 1.82) is 0 Å². The van der Waals surface area contributed by atoms with Crippen LogP contribution in [0.3, 0.4) is 0 Å². The summed E-state index contributed by atoms with van der Waals surface area (Å²) in [6, 6.07) is 10.3. The number of fused-ring (bicyclic) bond motifs is 1. The van der Waals surface area contributed by atoms with E-state index in [2.05, 4.69) is 5.10 Å². The number of para-hydroxylation sites is 1. The Labute approximate surface area is 161 Å². The number of hydrogen-bond acceptors (Lipinski definition) is 3. The number of nitrogens with zero attached hydrogens (tertiary/aromatic N) is 3. The second-order valence-electron chi connectivity index (χ2n) is 7.54. The average Bonchev–Trinajstić information content (AvgIpc) is 3.26. The van der Waals surface area contributed by atoms with E-state index in [1.54, 1.807) is 0 Å². The molecule has 0 radical (unpaired) electrons. The van der Waals surface area contributed by atoms with Crippen molar-refractivity contribution < 1.29 is 4.79 Å². The summed E-state index contributed by atoms with van der Waals surface area (Å²) in [6.07, 6.45) is 2.71. The van der Waals surface area contributed by atoms with Crippen LogP contribution in [-0.4, -0.2) is 39.7 Å². The summed E-state index contributed by atoms with van der Waals surface area (Å²) in [4.78, 5) is 14.9. The molecular weight excluding hydrogens is 348 g/mol. The highest BCUT2D eigenvalue weighted by Crippen LogP contribution is 2.37. The molecule has 3 unspecified atom stereocenters. The number of aromatic nitrogens is 2. The van der Waals surface area contributed by atoms with Gasteiger partial charge in [-0.3, -0.25) is 4.79 Å². The van der Waals surface area contributed by atoms with Gasteiger partial charge in [0.1, 0.15) is 0 Å². The van der Waals surface area contributed by atoms with Crippen LogP contribution in [-0.2, 0) is 11.2 Å². The predicted molar refractivity (Wildman–Crippen MR) is 105 cm³/mol. The molecule has 1 aromatic heterocycles. The fourth-order valence-electron chi connectivity index (χ4n) is 4.53. The first-order valence-electron chi connectivity index (χ1n) is 9.18. The van der Waals surface area contributed by atoms with Crippen molar-refractivity contribution >= 4 is 18.3 Å². The van der Waals surface area contributed by atoms with Gasteiger partial charge in [-0.25, -0.2) is 4.68 Å². The van der Waals surface area contributed by atoms with E-state index in [-0.39, 0.29) is 24.4 Å². The number of hydrogen-bond donors (Lipinski definition) is 1. The molecule has 0 spiro atoms. The zero-order valence-corrected chi connectivity index (χ0v) is 16.2. The zero-order chi connectivity index (χ0) is 17.6. The Bertz CT molecular complexity index is 789. The molecule has 6 heteroatoms. The van der Waals surface area contributed by atoms with Gasteiger partial charge in [-0.15, -0.1) is 12.4 Å². The maximum atomic E-state index is 12.9. The largest absolute Gasteiger partial charge is 0.342 e. The molecule has 4 rings (SSSR count). The van der Waals surface area contributed by atoms with Crippen molar-refractivity contribution in [2.45, 2.75) is 39.2 Å². The van der Waals surface area contributed by atoms with E-state index < -0.39 is 0 Å². The fourth-order valence-corrected chi connectivity index (χ4v) is 4.53. The number of halogens is 1. The lowest BCUT2D eigenvalue weighted by molar-refractivity contribution is -0.129. The van der Waals surface area contributed by atoms with E-state index in [0.29, 0.717) is 18.3 Å². The van der Waals surface area contributed by atoms with Gasteiger partial charge in [0.25, 0.3) is 0 Å². The molecule has 2 aromatic rings. The van der Waals surface area contributed by atoms with Crippen LogP contribution in [0.2, 0.25) is 0 Å². The summed E-state index contributed by atoms with van der Waals surface area (Å²) in [6.45, 7) is 5.74. The molecule has 2 N–H and O–H groups in total. The third kappa shape index (κ3) is 3.26. The Kier molecular flexibility index (Phi) is 5.39. The molecule has 2 fully saturated rings. The van der Waals surface area contributed by atoms with Crippen molar-refractivity contribution in [2.75, 3.05) is 13.1 Å². The summed E-state index contributed by atoms with van der Waals surface area (Å²) >= 11 is 0. The summed E-state index contributed by atoms with van der Waals surface area (Å²) in [7, 11) is 0. The smallest absolute Gasteiger partial charge is 0.227 e. The van der Waals surface area contributed by atoms with Crippen LogP contribution < -0.4 is 5.73 Å². The minimum Gasteiger partial charge on any atom is -0.342 e. The lowest BCUT2D eigenvalue weighted by Gasteiger charge is -2.19. The van der Waals surface area contributed by atoms with Gasteiger partial charge in [0.15, 0.2) is 0 Å². The number of likely N-dealkylation sites (tertiary alicyclic amines) is 1. The third-order valence-electron chi connectivity index (χ3n) is 6.03. The molecule has 1 aromatic carbocycles. The molecule has 3 atom stereocenters. The zero-order valence-electron chi connectivity index (χ0n) is 15.4. The Morgan fingerprint density at radius 2 is 1.92 bits per heavy atom. The molecule has 2 heterocycles. The molecule has 1 saturated heterocycles. The molecule has 0 bridgehead atoms. The van der Waals surface area contributed by atoms with E-state index >= 15 is 0 Å². The highest BCUT2D eigenvalue weighted by molar-refractivity contribution is 5.85. The van der Waals surface area contributed by atoms with Gasteiger partial charge in [-0.1, -0.05) is 18.2 Å². The highest BCUT2D eigenvalue weighted by Gasteiger charge is 2.42. The van der Waals surface area contributed by atoms with Crippen molar-refractivity contribution in [1.82, 2.24) is 14.7 Å². The van der Waals surface area contributed by atoms with Crippen molar-refractivity contribution in [3.63, 3.8) is 0 Å². The molecule has 26 heavy (non-hydrogen) atoms. The Morgan fingerprint density at radius 1 is 1.19 bits per heavy atom. The van der Waals surface area contributed by atoms with E-state index in [1.807, 2.05) is 53.8 Å². The minimum absolute atomic E-state index is 0. The van der Waals surface area contributed by atoms with Crippen LogP contribution in [0.15, 0.2) is 30.3 Å². The number of nitrogens with two attached hydrogens (primary N) is 1. The van der Waals surface area contributed by atoms with Crippen molar-refractivity contribution in [2.24, 2.45) is 17.6 Å². The number of rotatable bonds is 3. The van der Waals surface area contributed by atoms with Crippen LogP contribution in [0.25, 0.3) is 5.69 Å². The first-order chi connectivity index (χ1) is 12.0. The highest BCUT2D eigenvalue weighted by atomic mass is 35.5. The molecule has 1 aliphatic carbocycles. The Morgan fingerprint density at radius 3 is 2.62 bits per heavy atom. The molecule has 1 amide bonds. The molecule has 5 nitrogen and oxygen atoms in total. The number of benzene rings is 1. The van der Waals surface area contributed by atoms with E-state index in [4.69, 9.17) is 5.73 Å². The molecule has 1 saturated carbocycles. The van der Waals surface area contributed by atoms with Gasteiger partial charge in [0.05, 0.1) is 17.8 Å². The number of amides is 1. The molecule has 140 valence electrons. The first-order valence-corrected chi connectivity index (χ1v) is 9.18. The van der Waals surface area contributed by atoms with Crippen LogP contribution in [0.4, 0.5) is 0 Å². The van der Waals surface area contributed by atoms with E-state index in [9.17, 15) is 4.79 Å². The minimum atomic E-state index is 0. The van der Waals surface area contributed by atoms with Gasteiger partial charge in [0, 0.05) is 30.4 Å². The van der Waals surface area contributed by atoms with Gasteiger partial charge >= 0.3 is 0 Å². The fraction of sp³-hybridized carbons (Fsp3) is 0.500. The quantitative estimate of drug-likeness (QED) is 0.898. The molecular formula is C20H27ClN4O. The summed E-state index contributed by atoms with van der Waals surface area (Å²) in [5.41, 5.74) is 10.3. The van der Waals surface area contributed by atoms with Crippen LogP contribution in [0.1, 0.15) is 29.8 Å². The summed E-state index contributed by atoms with van der Waals surface area (Å²) in [5, 5.41) is 4.66. The number of aryl methyl sites for hydroxylation is 1. The van der Waals surface area contributed by atoms with Crippen LogP contribution >= 0.6 is 12.4 Å². The third-order valence-corrected chi connectivity index (χ3v) is 6.03. The van der Waals surface area contributed by atoms with E-state index in [1.165, 1.54) is 6.42 Å². The molecule has 2 aliphatic rings. The van der Waals surface area contributed by atoms with Gasteiger partial charge in [-0.05, 0) is 50.7 Å². The lowest BCUT2D eigenvalue weighted by Crippen LogP contribution is -2.34. The maximum Gasteiger partial charge on any atom is 0.227 e. The maximum absolute atomic E-state index is 12.9. The monoisotopic (exact) mass is 374 g/mol. The van der Waals surface area contributed by atoms with Gasteiger partial charge < -0.3 is 10.6 Å². The van der Waals surface area contributed by atoms with Crippen LogP contribution in [0.5, 0.6) is 0 Å². The van der Waals surface area contributed by atoms with Crippen molar-refractivity contribution in [3.05, 3.63) is 47.3 Å². The number of carbonyl (C=O) groups is 1. The standard InChI is InChI=1S/C20H26N4O.ClH/c1-13-17(14(2)24(22-13)16-6-4-3-5-7-16)10-20(25)23-11-15-8-9-19(21)18(15)12-23;/h3-7,15,18-19H,8-12,21H2,1-2H3;1H. The van der Waals surface area contributed by atoms with Crippen LogP contribution in [0, 0.1) is 25.7 Å². The lowest BCUT2D eigenvalue weighted by atomic mass is 9.98.